The van der Waals surface area contributed by atoms with Crippen molar-refractivity contribution in [3.05, 3.63) is 12.7 Å². The SMILES string of the molecule is C=CCCCCCCCCCP(=O)([O-])C(CCCCC)P(=O)([O-])[O-]. The van der Waals surface area contributed by atoms with Crippen LogP contribution in [-0.2, 0) is 9.13 Å². The van der Waals surface area contributed by atoms with Gasteiger partial charge in [0.2, 0.25) is 0 Å². The Bertz CT molecular complexity index is 419. The van der Waals surface area contributed by atoms with Gasteiger partial charge in [0.15, 0.2) is 0 Å². The molecule has 7 heteroatoms. The molecule has 24 heavy (non-hydrogen) atoms. The maximum Gasteiger partial charge on any atom is 0.0275 e. The van der Waals surface area contributed by atoms with Gasteiger partial charge in [0.05, 0.1) is 0 Å². The van der Waals surface area contributed by atoms with Gasteiger partial charge in [-0.25, -0.2) is 0 Å². The van der Waals surface area contributed by atoms with Crippen LogP contribution in [0.4, 0.5) is 0 Å². The predicted molar refractivity (Wildman–Crippen MR) is 95.1 cm³/mol. The van der Waals surface area contributed by atoms with Gasteiger partial charge in [-0.1, -0.05) is 72.0 Å². The summed E-state index contributed by atoms with van der Waals surface area (Å²) in [5, 5.41) is -1.71. The highest BCUT2D eigenvalue weighted by Gasteiger charge is 2.24. The van der Waals surface area contributed by atoms with Gasteiger partial charge in [-0.2, -0.15) is 0 Å². The third-order valence-electron chi connectivity index (χ3n) is 4.26. The predicted octanol–water partition coefficient (Wildman–Crippen LogP) is 3.75. The molecule has 0 aliphatic heterocycles. The zero-order valence-corrected chi connectivity index (χ0v) is 16.8. The van der Waals surface area contributed by atoms with E-state index >= 15 is 0 Å². The Balaban J connectivity index is 4.12. The molecule has 0 saturated carbocycles. The van der Waals surface area contributed by atoms with Crippen LogP contribution < -0.4 is 14.7 Å². The maximum atomic E-state index is 12.2. The second-order valence-corrected chi connectivity index (χ2v) is 11.2. The standard InChI is InChI=1S/C17H36O5P2/c1-3-5-7-8-9-10-11-12-14-16-23(18,19)17(24(20,21)22)15-13-6-4-2/h3,17H,1,4-16H2,2H3,(H,18,19)(H2,20,21,22)/p-3. The first-order chi connectivity index (χ1) is 11.3. The molecule has 0 amide bonds. The average Bonchev–Trinajstić information content (AvgIpc) is 2.48. The molecule has 0 aromatic carbocycles. The van der Waals surface area contributed by atoms with Gasteiger partial charge >= 0.3 is 0 Å². The summed E-state index contributed by atoms with van der Waals surface area (Å²) in [7, 11) is -9.28. The van der Waals surface area contributed by atoms with E-state index in [1.165, 1.54) is 0 Å². The molecular weight excluding hydrogens is 346 g/mol. The van der Waals surface area contributed by atoms with E-state index in [0.29, 0.717) is 12.8 Å². The van der Waals surface area contributed by atoms with Crippen LogP contribution in [0, 0.1) is 0 Å². The summed E-state index contributed by atoms with van der Waals surface area (Å²) in [5.74, 6) is 0. The van der Waals surface area contributed by atoms with Crippen molar-refractivity contribution in [2.75, 3.05) is 6.16 Å². The van der Waals surface area contributed by atoms with E-state index < -0.39 is 20.4 Å². The molecule has 0 spiro atoms. The molecule has 0 fully saturated rings. The highest BCUT2D eigenvalue weighted by Crippen LogP contribution is 2.58. The summed E-state index contributed by atoms with van der Waals surface area (Å²) >= 11 is 0. The second kappa shape index (κ2) is 13.3. The number of unbranched alkanes of at least 4 members (excludes halogenated alkanes) is 9. The van der Waals surface area contributed by atoms with E-state index in [0.717, 1.165) is 57.8 Å². The molecule has 0 aliphatic carbocycles. The van der Waals surface area contributed by atoms with E-state index in [2.05, 4.69) is 6.58 Å². The van der Waals surface area contributed by atoms with E-state index in [4.69, 9.17) is 0 Å². The monoisotopic (exact) mass is 379 g/mol. The van der Waals surface area contributed by atoms with Crippen LogP contribution >= 0.6 is 15.0 Å². The highest BCUT2D eigenvalue weighted by atomic mass is 31.2. The Morgan fingerprint density at radius 2 is 1.42 bits per heavy atom. The van der Waals surface area contributed by atoms with Crippen LogP contribution in [0.15, 0.2) is 12.7 Å². The van der Waals surface area contributed by atoms with Crippen molar-refractivity contribution >= 4 is 15.0 Å². The van der Waals surface area contributed by atoms with Gasteiger partial charge in [0.25, 0.3) is 0 Å². The second-order valence-electron chi connectivity index (χ2n) is 6.52. The summed E-state index contributed by atoms with van der Waals surface area (Å²) in [4.78, 5) is 34.9. The van der Waals surface area contributed by atoms with Crippen LogP contribution in [0.1, 0.15) is 84.0 Å². The number of hydrogen-bond acceptors (Lipinski definition) is 5. The van der Waals surface area contributed by atoms with Crippen molar-refractivity contribution in [1.29, 1.82) is 0 Å². The third-order valence-corrected chi connectivity index (χ3v) is 9.26. The van der Waals surface area contributed by atoms with Gasteiger partial charge in [-0.3, -0.25) is 0 Å². The Morgan fingerprint density at radius 1 is 0.875 bits per heavy atom. The maximum absolute atomic E-state index is 12.2. The van der Waals surface area contributed by atoms with Crippen molar-refractivity contribution in [3.63, 3.8) is 0 Å². The van der Waals surface area contributed by atoms with Crippen molar-refractivity contribution in [3.8, 4) is 0 Å². The molecule has 2 unspecified atom stereocenters. The largest absolute Gasteiger partial charge is 0.810 e. The number of rotatable bonds is 16. The molecule has 0 radical (unpaired) electrons. The molecule has 0 aromatic rings. The van der Waals surface area contributed by atoms with Crippen LogP contribution in [0.2, 0.25) is 0 Å². The summed E-state index contributed by atoms with van der Waals surface area (Å²) < 4.78 is 23.6. The minimum absolute atomic E-state index is 0.0534. The summed E-state index contributed by atoms with van der Waals surface area (Å²) in [6.45, 7) is 5.62. The van der Waals surface area contributed by atoms with Crippen molar-refractivity contribution < 1.29 is 23.8 Å². The molecule has 2 atom stereocenters. The zero-order chi connectivity index (χ0) is 18.5. The zero-order valence-electron chi connectivity index (χ0n) is 15.0. The van der Waals surface area contributed by atoms with Gasteiger partial charge < -0.3 is 23.8 Å². The fraction of sp³-hybridized carbons (Fsp3) is 0.882. The molecular formula is C17H33O5P2-3. The Hall–Kier alpha value is 0.0800. The van der Waals surface area contributed by atoms with Crippen molar-refractivity contribution in [2.24, 2.45) is 0 Å². The van der Waals surface area contributed by atoms with Gasteiger partial charge in [0, 0.05) is 12.8 Å². The van der Waals surface area contributed by atoms with Gasteiger partial charge in [0.1, 0.15) is 0 Å². The molecule has 0 aromatic heterocycles. The minimum atomic E-state index is -5.10. The molecule has 0 saturated heterocycles. The summed E-state index contributed by atoms with van der Waals surface area (Å²) in [5.41, 5.74) is 0. The van der Waals surface area contributed by atoms with Crippen molar-refractivity contribution in [1.82, 2.24) is 0 Å². The molecule has 0 heterocycles. The van der Waals surface area contributed by atoms with E-state index in [1.807, 2.05) is 13.0 Å². The molecule has 0 rings (SSSR count). The molecule has 0 aliphatic rings. The first kappa shape index (κ1) is 24.1. The lowest BCUT2D eigenvalue weighted by Crippen LogP contribution is -2.30. The third kappa shape index (κ3) is 11.6. The highest BCUT2D eigenvalue weighted by molar-refractivity contribution is 7.72. The minimum Gasteiger partial charge on any atom is -0.810 e. The van der Waals surface area contributed by atoms with Gasteiger partial charge in [-0.05, 0) is 31.8 Å². The smallest absolute Gasteiger partial charge is 0.0275 e. The lowest BCUT2D eigenvalue weighted by molar-refractivity contribution is -0.315. The lowest BCUT2D eigenvalue weighted by Gasteiger charge is -2.45. The quantitative estimate of drug-likeness (QED) is 0.231. The fourth-order valence-electron chi connectivity index (χ4n) is 2.80. The normalized spacial score (nSPS) is 15.8. The Labute approximate surface area is 147 Å². The molecule has 0 bridgehead atoms. The first-order valence-electron chi connectivity index (χ1n) is 9.18. The lowest BCUT2D eigenvalue weighted by atomic mass is 10.1. The Morgan fingerprint density at radius 3 is 1.92 bits per heavy atom. The molecule has 0 N–H and O–H groups in total. The van der Waals surface area contributed by atoms with Crippen LogP contribution in [-0.4, -0.2) is 11.6 Å². The number of hydrogen-bond donors (Lipinski definition) is 0. The van der Waals surface area contributed by atoms with E-state index in [1.54, 1.807) is 0 Å². The average molecular weight is 379 g/mol. The molecule has 5 nitrogen and oxygen atoms in total. The summed E-state index contributed by atoms with van der Waals surface area (Å²) in [6.07, 6.45) is 11.4. The van der Waals surface area contributed by atoms with Gasteiger partial charge in [-0.15, -0.1) is 6.58 Å². The van der Waals surface area contributed by atoms with Crippen molar-refractivity contribution in [2.45, 2.75) is 89.4 Å². The fourth-order valence-corrected chi connectivity index (χ4v) is 6.91. The topological polar surface area (TPSA) is 103 Å². The first-order valence-corrected chi connectivity index (χ1v) is 12.7. The van der Waals surface area contributed by atoms with E-state index in [-0.39, 0.29) is 12.6 Å². The summed E-state index contributed by atoms with van der Waals surface area (Å²) in [6, 6.07) is 0. The van der Waals surface area contributed by atoms with Crippen LogP contribution in [0.25, 0.3) is 0 Å². The molecule has 144 valence electrons. The van der Waals surface area contributed by atoms with Crippen LogP contribution in [0.5, 0.6) is 0 Å². The number of allylic oxidation sites excluding steroid dienone is 1. The van der Waals surface area contributed by atoms with E-state index in [9.17, 15) is 23.8 Å². The van der Waals surface area contributed by atoms with Crippen LogP contribution in [0.3, 0.4) is 0 Å². The Kier molecular flexibility index (Phi) is 13.4.